The Balaban J connectivity index is 1.33. The molecule has 2 aromatic heterocycles. The smallest absolute Gasteiger partial charge is 0.243 e. The Bertz CT molecular complexity index is 1470. The Morgan fingerprint density at radius 2 is 1.92 bits per heavy atom. The van der Waals surface area contributed by atoms with E-state index in [-0.39, 0.29) is 35.6 Å². The number of aromatic nitrogens is 3. The number of benzene rings is 2. The summed E-state index contributed by atoms with van der Waals surface area (Å²) in [6.07, 6.45) is 4.27. The minimum atomic E-state index is -3.67. The van der Waals surface area contributed by atoms with E-state index < -0.39 is 10.0 Å². The normalized spacial score (nSPS) is 15.4. The number of halogens is 2. The fourth-order valence-corrected chi connectivity index (χ4v) is 6.87. The Labute approximate surface area is 217 Å². The summed E-state index contributed by atoms with van der Waals surface area (Å²) in [7, 11) is -3.67. The van der Waals surface area contributed by atoms with Crippen LogP contribution in [0.2, 0.25) is 5.02 Å². The van der Waals surface area contributed by atoms with Gasteiger partial charge < -0.3 is 0 Å². The number of carbonyl (C=O) groups is 1. The Morgan fingerprint density at radius 1 is 1.17 bits per heavy atom. The average molecular weight is 548 g/mol. The molecule has 0 N–H and O–H groups in total. The van der Waals surface area contributed by atoms with Gasteiger partial charge in [0.15, 0.2) is 5.13 Å². The molecule has 12 heteroatoms. The summed E-state index contributed by atoms with van der Waals surface area (Å²) in [6.45, 7) is 1.28. The van der Waals surface area contributed by atoms with Crippen LogP contribution >= 0.6 is 22.9 Å². The number of hydrogen-bond donors (Lipinski definition) is 0. The van der Waals surface area contributed by atoms with E-state index in [9.17, 15) is 17.6 Å². The van der Waals surface area contributed by atoms with Gasteiger partial charge in [0, 0.05) is 43.0 Å². The van der Waals surface area contributed by atoms with Crippen molar-refractivity contribution in [2.75, 3.05) is 24.5 Å². The first-order valence-electron chi connectivity index (χ1n) is 11.4. The zero-order chi connectivity index (χ0) is 25.3. The molecular weight excluding hydrogens is 525 g/mol. The second-order valence-corrected chi connectivity index (χ2v) is 11.9. The van der Waals surface area contributed by atoms with E-state index in [1.54, 1.807) is 34.0 Å². The van der Waals surface area contributed by atoms with E-state index in [2.05, 4.69) is 10.1 Å². The number of anilines is 1. The zero-order valence-corrected chi connectivity index (χ0v) is 21.5. The first-order valence-corrected chi connectivity index (χ1v) is 14.1. The quantitative estimate of drug-likeness (QED) is 0.342. The van der Waals surface area contributed by atoms with Crippen molar-refractivity contribution in [3.8, 4) is 0 Å². The number of sulfonamides is 1. The second-order valence-electron chi connectivity index (χ2n) is 8.50. The molecule has 0 saturated carbocycles. The van der Waals surface area contributed by atoms with Gasteiger partial charge in [-0.2, -0.15) is 9.40 Å². The molecule has 1 fully saturated rings. The fraction of sp³-hybridized carbons (Fsp3) is 0.292. The summed E-state index contributed by atoms with van der Waals surface area (Å²) >= 11 is 7.15. The molecule has 0 spiro atoms. The third-order valence-electron chi connectivity index (χ3n) is 6.20. The standard InChI is InChI=1S/C24H23ClFN5O3S2/c25-18-2-5-20(6-3-18)36(33,34)30-12-8-17(9-13-30)23(32)31(15-14-29-11-1-10-27-29)24-28-21-7-4-19(26)16-22(21)35-24/h1-7,10-11,16-17H,8-9,12-15H2. The number of fused-ring (bicyclic) bond motifs is 1. The highest BCUT2D eigenvalue weighted by Gasteiger charge is 2.35. The first-order chi connectivity index (χ1) is 17.3. The fourth-order valence-electron chi connectivity index (χ4n) is 4.26. The number of nitrogens with zero attached hydrogens (tertiary/aromatic N) is 5. The van der Waals surface area contributed by atoms with Crippen LogP contribution in [0.3, 0.4) is 0 Å². The number of rotatable bonds is 7. The van der Waals surface area contributed by atoms with Gasteiger partial charge in [-0.15, -0.1) is 0 Å². The van der Waals surface area contributed by atoms with Gasteiger partial charge in [0.1, 0.15) is 5.82 Å². The van der Waals surface area contributed by atoms with Crippen molar-refractivity contribution in [3.63, 3.8) is 0 Å². The van der Waals surface area contributed by atoms with E-state index in [1.165, 1.54) is 39.9 Å². The molecule has 1 aliphatic heterocycles. The maximum Gasteiger partial charge on any atom is 0.243 e. The lowest BCUT2D eigenvalue weighted by molar-refractivity contribution is -0.123. The lowest BCUT2D eigenvalue weighted by Gasteiger charge is -2.33. The van der Waals surface area contributed by atoms with Crippen molar-refractivity contribution in [2.24, 2.45) is 5.92 Å². The first kappa shape index (κ1) is 24.8. The minimum absolute atomic E-state index is 0.120. The van der Waals surface area contributed by atoms with Gasteiger partial charge in [-0.25, -0.2) is 17.8 Å². The minimum Gasteiger partial charge on any atom is -0.286 e. The van der Waals surface area contributed by atoms with Gasteiger partial charge in [0.2, 0.25) is 15.9 Å². The predicted octanol–water partition coefficient (Wildman–Crippen LogP) is 4.42. The molecule has 188 valence electrons. The summed E-state index contributed by atoms with van der Waals surface area (Å²) in [6, 6.07) is 12.2. The lowest BCUT2D eigenvalue weighted by atomic mass is 9.96. The van der Waals surface area contributed by atoms with Crippen molar-refractivity contribution < 1.29 is 17.6 Å². The second kappa shape index (κ2) is 10.3. The molecule has 2 aromatic carbocycles. The molecule has 36 heavy (non-hydrogen) atoms. The highest BCUT2D eigenvalue weighted by Crippen LogP contribution is 2.32. The van der Waals surface area contributed by atoms with E-state index in [1.807, 2.05) is 12.3 Å². The van der Waals surface area contributed by atoms with Crippen molar-refractivity contribution in [3.05, 3.63) is 71.8 Å². The van der Waals surface area contributed by atoms with Gasteiger partial charge in [-0.3, -0.25) is 14.4 Å². The van der Waals surface area contributed by atoms with E-state index in [4.69, 9.17) is 11.6 Å². The Hall–Kier alpha value is -2.86. The molecule has 0 radical (unpaired) electrons. The van der Waals surface area contributed by atoms with Gasteiger partial charge in [0.25, 0.3) is 0 Å². The van der Waals surface area contributed by atoms with Crippen LogP contribution in [0.15, 0.2) is 65.8 Å². The summed E-state index contributed by atoms with van der Waals surface area (Å²) in [4.78, 5) is 20.1. The Morgan fingerprint density at radius 3 is 2.61 bits per heavy atom. The summed E-state index contributed by atoms with van der Waals surface area (Å²) < 4.78 is 43.6. The summed E-state index contributed by atoms with van der Waals surface area (Å²) in [5, 5.41) is 5.16. The molecule has 0 aliphatic carbocycles. The number of amides is 1. The lowest BCUT2D eigenvalue weighted by Crippen LogP contribution is -2.45. The van der Waals surface area contributed by atoms with Gasteiger partial charge in [0.05, 0.1) is 21.7 Å². The largest absolute Gasteiger partial charge is 0.286 e. The van der Waals surface area contributed by atoms with Crippen molar-refractivity contribution in [2.45, 2.75) is 24.3 Å². The van der Waals surface area contributed by atoms with Crippen molar-refractivity contribution in [1.29, 1.82) is 0 Å². The van der Waals surface area contributed by atoms with Gasteiger partial charge in [-0.05, 0) is 61.4 Å². The number of carbonyl (C=O) groups excluding carboxylic acids is 1. The molecule has 5 rings (SSSR count). The summed E-state index contributed by atoms with van der Waals surface area (Å²) in [5.74, 6) is -0.838. The van der Waals surface area contributed by atoms with Crippen LogP contribution in [0, 0.1) is 11.7 Å². The zero-order valence-electron chi connectivity index (χ0n) is 19.1. The molecule has 8 nitrogen and oxygen atoms in total. The third-order valence-corrected chi connectivity index (χ3v) is 9.41. The highest BCUT2D eigenvalue weighted by molar-refractivity contribution is 7.89. The van der Waals surface area contributed by atoms with Crippen LogP contribution in [-0.2, 0) is 21.4 Å². The van der Waals surface area contributed by atoms with E-state index >= 15 is 0 Å². The van der Waals surface area contributed by atoms with Crippen LogP contribution < -0.4 is 4.90 Å². The average Bonchev–Trinajstić information content (AvgIpc) is 3.54. The molecule has 3 heterocycles. The van der Waals surface area contributed by atoms with Crippen LogP contribution in [0.25, 0.3) is 10.2 Å². The van der Waals surface area contributed by atoms with Crippen molar-refractivity contribution in [1.82, 2.24) is 19.1 Å². The monoisotopic (exact) mass is 547 g/mol. The van der Waals surface area contributed by atoms with Gasteiger partial charge in [-0.1, -0.05) is 22.9 Å². The SMILES string of the molecule is O=C(C1CCN(S(=O)(=O)c2ccc(Cl)cc2)CC1)N(CCn1cccn1)c1nc2ccc(F)cc2s1. The molecule has 1 amide bonds. The van der Waals surface area contributed by atoms with Crippen LogP contribution in [0.5, 0.6) is 0 Å². The number of piperidine rings is 1. The topological polar surface area (TPSA) is 88.4 Å². The van der Waals surface area contributed by atoms with Crippen LogP contribution in [0.1, 0.15) is 12.8 Å². The van der Waals surface area contributed by atoms with Gasteiger partial charge >= 0.3 is 0 Å². The third kappa shape index (κ3) is 5.15. The molecule has 1 saturated heterocycles. The van der Waals surface area contributed by atoms with E-state index in [0.29, 0.717) is 46.3 Å². The molecule has 1 aliphatic rings. The maximum atomic E-state index is 13.7. The Kier molecular flexibility index (Phi) is 7.07. The van der Waals surface area contributed by atoms with Crippen molar-refractivity contribution >= 4 is 54.2 Å². The predicted molar refractivity (Wildman–Crippen MR) is 137 cm³/mol. The van der Waals surface area contributed by atoms with Crippen LogP contribution in [0.4, 0.5) is 9.52 Å². The number of hydrogen-bond acceptors (Lipinski definition) is 6. The molecule has 0 atom stereocenters. The molecular formula is C24H23ClFN5O3S2. The molecule has 4 aromatic rings. The number of thiazole rings is 1. The maximum absolute atomic E-state index is 13.7. The highest BCUT2D eigenvalue weighted by atomic mass is 35.5. The summed E-state index contributed by atoms with van der Waals surface area (Å²) in [5.41, 5.74) is 0.622. The van der Waals surface area contributed by atoms with E-state index in [0.717, 1.165) is 0 Å². The van der Waals surface area contributed by atoms with Crippen LogP contribution in [-0.4, -0.2) is 53.0 Å². The molecule has 0 unspecified atom stereocenters. The molecule has 0 bridgehead atoms.